The highest BCUT2D eigenvalue weighted by atomic mass is 16.3. The molecule has 0 saturated heterocycles. The minimum atomic E-state index is -0.151. The number of aromatic amines is 1. The van der Waals surface area contributed by atoms with Crippen LogP contribution in [-0.2, 0) is 19.6 Å². The highest BCUT2D eigenvalue weighted by Crippen LogP contribution is 2.30. The van der Waals surface area contributed by atoms with E-state index in [1.54, 1.807) is 6.26 Å². The topological polar surface area (TPSA) is 92.8 Å². The summed E-state index contributed by atoms with van der Waals surface area (Å²) in [6.07, 6.45) is 1.67. The van der Waals surface area contributed by atoms with Crippen molar-refractivity contribution in [3.05, 3.63) is 112 Å². The minimum Gasteiger partial charge on any atom is -0.468 e. The first kappa shape index (κ1) is 23.7. The highest BCUT2D eigenvalue weighted by Gasteiger charge is 2.30. The standard InChI is InChI=1S/C28H30N6O2/c1-19(2)26(27-30-31-32-34(27)16-21-10-5-4-6-11-21)33(18-24-13-8-14-36-24)17-23-15-22-12-7-9-20(3)25(22)29-28(23)35/h4-15,19,26H,16-18H2,1-3H3,(H,29,35)/t26-/m1/s1. The van der Waals surface area contributed by atoms with Crippen molar-refractivity contribution >= 4 is 10.9 Å². The van der Waals surface area contributed by atoms with Gasteiger partial charge in [0.1, 0.15) is 5.76 Å². The van der Waals surface area contributed by atoms with Gasteiger partial charge in [0.25, 0.3) is 5.56 Å². The van der Waals surface area contributed by atoms with Crippen molar-refractivity contribution in [3.63, 3.8) is 0 Å². The van der Waals surface area contributed by atoms with E-state index >= 15 is 0 Å². The summed E-state index contributed by atoms with van der Waals surface area (Å²) in [6, 6.07) is 21.8. The number of tetrazole rings is 1. The Balaban J connectivity index is 1.54. The van der Waals surface area contributed by atoms with Crippen LogP contribution in [0.15, 0.2) is 82.2 Å². The Labute approximate surface area is 209 Å². The van der Waals surface area contributed by atoms with Crippen LogP contribution in [0.4, 0.5) is 0 Å². The maximum Gasteiger partial charge on any atom is 0.252 e. The van der Waals surface area contributed by atoms with Gasteiger partial charge in [-0.3, -0.25) is 9.69 Å². The van der Waals surface area contributed by atoms with Crippen LogP contribution in [0.2, 0.25) is 0 Å². The Kier molecular flexibility index (Phi) is 6.77. The molecule has 1 atom stereocenters. The third kappa shape index (κ3) is 4.99. The summed E-state index contributed by atoms with van der Waals surface area (Å²) in [5, 5.41) is 13.8. The second-order valence-corrected chi connectivity index (χ2v) is 9.52. The summed E-state index contributed by atoms with van der Waals surface area (Å²) in [5.74, 6) is 1.74. The second-order valence-electron chi connectivity index (χ2n) is 9.52. The molecule has 0 spiro atoms. The average Bonchev–Trinajstić information content (AvgIpc) is 3.53. The molecule has 0 amide bonds. The van der Waals surface area contributed by atoms with E-state index in [4.69, 9.17) is 4.42 Å². The number of rotatable bonds is 9. The number of benzene rings is 2. The molecule has 0 aliphatic heterocycles. The van der Waals surface area contributed by atoms with Crippen molar-refractivity contribution in [1.29, 1.82) is 0 Å². The van der Waals surface area contributed by atoms with E-state index < -0.39 is 0 Å². The van der Waals surface area contributed by atoms with Crippen LogP contribution >= 0.6 is 0 Å². The number of furan rings is 1. The van der Waals surface area contributed by atoms with E-state index in [1.165, 1.54) is 0 Å². The molecule has 5 rings (SSSR count). The average molecular weight is 483 g/mol. The van der Waals surface area contributed by atoms with Crippen molar-refractivity contribution in [1.82, 2.24) is 30.1 Å². The fraction of sp³-hybridized carbons (Fsp3) is 0.286. The normalized spacial score (nSPS) is 12.6. The summed E-state index contributed by atoms with van der Waals surface area (Å²) in [5.41, 5.74) is 3.63. The lowest BCUT2D eigenvalue weighted by atomic mass is 10.00. The molecule has 2 aromatic carbocycles. The summed E-state index contributed by atoms with van der Waals surface area (Å²) >= 11 is 0. The number of hydrogen-bond donors (Lipinski definition) is 1. The molecule has 0 saturated carbocycles. The predicted octanol–water partition coefficient (Wildman–Crippen LogP) is 4.86. The second kappa shape index (κ2) is 10.3. The molecular weight excluding hydrogens is 452 g/mol. The van der Waals surface area contributed by atoms with Crippen molar-refractivity contribution in [3.8, 4) is 0 Å². The molecule has 0 aliphatic carbocycles. The molecule has 3 heterocycles. The van der Waals surface area contributed by atoms with Gasteiger partial charge >= 0.3 is 0 Å². The molecule has 36 heavy (non-hydrogen) atoms. The van der Waals surface area contributed by atoms with E-state index in [2.05, 4.69) is 51.4 Å². The summed E-state index contributed by atoms with van der Waals surface area (Å²) in [7, 11) is 0. The zero-order valence-electron chi connectivity index (χ0n) is 20.8. The van der Waals surface area contributed by atoms with Crippen LogP contribution in [0, 0.1) is 12.8 Å². The Morgan fingerprint density at radius 1 is 1.03 bits per heavy atom. The third-order valence-corrected chi connectivity index (χ3v) is 6.50. The Morgan fingerprint density at radius 3 is 2.61 bits per heavy atom. The van der Waals surface area contributed by atoms with E-state index in [-0.39, 0.29) is 17.5 Å². The molecule has 0 unspecified atom stereocenters. The van der Waals surface area contributed by atoms with Crippen LogP contribution in [0.3, 0.4) is 0 Å². The third-order valence-electron chi connectivity index (χ3n) is 6.50. The lowest BCUT2D eigenvalue weighted by molar-refractivity contribution is 0.116. The molecule has 8 nitrogen and oxygen atoms in total. The quantitative estimate of drug-likeness (QED) is 0.322. The van der Waals surface area contributed by atoms with Crippen LogP contribution in [0.25, 0.3) is 10.9 Å². The van der Waals surface area contributed by atoms with Crippen molar-refractivity contribution < 1.29 is 4.42 Å². The van der Waals surface area contributed by atoms with Crippen molar-refractivity contribution in [2.24, 2.45) is 5.92 Å². The van der Waals surface area contributed by atoms with Crippen LogP contribution in [0.1, 0.15) is 48.2 Å². The highest BCUT2D eigenvalue weighted by molar-refractivity contribution is 5.81. The van der Waals surface area contributed by atoms with E-state index in [0.29, 0.717) is 25.2 Å². The number of pyridine rings is 1. The molecule has 5 aromatic rings. The molecule has 0 bridgehead atoms. The molecule has 0 fully saturated rings. The van der Waals surface area contributed by atoms with Gasteiger partial charge in [-0.15, -0.1) is 5.10 Å². The maximum absolute atomic E-state index is 13.2. The molecule has 1 N–H and O–H groups in total. The van der Waals surface area contributed by atoms with Gasteiger partial charge in [-0.1, -0.05) is 62.4 Å². The SMILES string of the molecule is Cc1cccc2cc(CN(Cc3ccco3)[C@@H](c3nnnn3Cc3ccccc3)C(C)C)c(=O)[nH]c12. The largest absolute Gasteiger partial charge is 0.468 e. The molecular formula is C28H30N6O2. The molecule has 8 heteroatoms. The summed E-state index contributed by atoms with van der Waals surface area (Å²) in [6.45, 7) is 7.80. The van der Waals surface area contributed by atoms with Crippen molar-refractivity contribution in [2.45, 2.75) is 46.4 Å². The number of nitrogens with one attached hydrogen (secondary N) is 1. The lowest BCUT2D eigenvalue weighted by Gasteiger charge is -2.33. The number of aromatic nitrogens is 5. The van der Waals surface area contributed by atoms with E-state index in [9.17, 15) is 4.79 Å². The number of nitrogens with zero attached hydrogens (tertiary/aromatic N) is 5. The number of aryl methyl sites for hydroxylation is 1. The Hall–Kier alpha value is -4.04. The van der Waals surface area contributed by atoms with E-state index in [0.717, 1.165) is 33.6 Å². The zero-order chi connectivity index (χ0) is 25.1. The summed E-state index contributed by atoms with van der Waals surface area (Å²) < 4.78 is 7.56. The smallest absolute Gasteiger partial charge is 0.252 e. The van der Waals surface area contributed by atoms with Gasteiger partial charge in [-0.25, -0.2) is 4.68 Å². The fourth-order valence-electron chi connectivity index (χ4n) is 4.80. The van der Waals surface area contributed by atoms with Crippen LogP contribution in [-0.4, -0.2) is 30.1 Å². The molecule has 3 aromatic heterocycles. The monoisotopic (exact) mass is 482 g/mol. The molecule has 0 radical (unpaired) electrons. The van der Waals surface area contributed by atoms with Gasteiger partial charge in [0.2, 0.25) is 0 Å². The zero-order valence-corrected chi connectivity index (χ0v) is 20.8. The number of para-hydroxylation sites is 1. The van der Waals surface area contributed by atoms with E-state index in [1.807, 2.05) is 66.2 Å². The minimum absolute atomic E-state index is 0.0902. The Morgan fingerprint density at radius 2 is 1.86 bits per heavy atom. The van der Waals surface area contributed by atoms with Crippen molar-refractivity contribution in [2.75, 3.05) is 0 Å². The van der Waals surface area contributed by atoms with Crippen LogP contribution < -0.4 is 5.56 Å². The lowest BCUT2D eigenvalue weighted by Crippen LogP contribution is -2.35. The van der Waals surface area contributed by atoms with Gasteiger partial charge in [0, 0.05) is 12.1 Å². The number of hydrogen-bond acceptors (Lipinski definition) is 6. The molecule has 184 valence electrons. The number of fused-ring (bicyclic) bond motifs is 1. The van der Waals surface area contributed by atoms with Gasteiger partial charge in [0.05, 0.1) is 30.9 Å². The first-order valence-electron chi connectivity index (χ1n) is 12.2. The van der Waals surface area contributed by atoms with Gasteiger partial charge in [-0.2, -0.15) is 0 Å². The number of H-pyrrole nitrogens is 1. The van der Waals surface area contributed by atoms with Gasteiger partial charge < -0.3 is 9.40 Å². The predicted molar refractivity (Wildman–Crippen MR) is 138 cm³/mol. The first-order valence-corrected chi connectivity index (χ1v) is 12.2. The molecule has 0 aliphatic rings. The Bertz CT molecular complexity index is 1490. The van der Waals surface area contributed by atoms with Gasteiger partial charge in [0.15, 0.2) is 5.82 Å². The van der Waals surface area contributed by atoms with Gasteiger partial charge in [-0.05, 0) is 58.0 Å². The first-order chi connectivity index (χ1) is 17.5. The van der Waals surface area contributed by atoms with Crippen LogP contribution in [0.5, 0.6) is 0 Å². The maximum atomic E-state index is 13.2. The fourth-order valence-corrected chi connectivity index (χ4v) is 4.80. The summed E-state index contributed by atoms with van der Waals surface area (Å²) in [4.78, 5) is 18.5.